The van der Waals surface area contributed by atoms with E-state index in [0.717, 1.165) is 30.9 Å². The van der Waals surface area contributed by atoms with Crippen LogP contribution in [0.3, 0.4) is 0 Å². The van der Waals surface area contributed by atoms with E-state index in [1.54, 1.807) is 17.0 Å². The smallest absolute Gasteiger partial charge is 0.409 e. The van der Waals surface area contributed by atoms with Crippen molar-refractivity contribution in [2.24, 2.45) is 4.99 Å². The summed E-state index contributed by atoms with van der Waals surface area (Å²) < 4.78 is 10.1. The summed E-state index contributed by atoms with van der Waals surface area (Å²) in [6.45, 7) is 6.75. The second-order valence-corrected chi connectivity index (χ2v) is 6.31. The Morgan fingerprint density at radius 3 is 2.67 bits per heavy atom. The molecule has 1 amide bonds. The van der Waals surface area contributed by atoms with E-state index in [2.05, 4.69) is 15.6 Å². The summed E-state index contributed by atoms with van der Waals surface area (Å²) in [4.78, 5) is 18.1. The molecule has 0 atom stereocenters. The molecule has 1 aromatic carbocycles. The van der Waals surface area contributed by atoms with Crippen molar-refractivity contribution in [1.29, 1.82) is 0 Å². The van der Waals surface area contributed by atoms with Crippen LogP contribution in [0.5, 0.6) is 11.5 Å². The summed E-state index contributed by atoms with van der Waals surface area (Å²) in [5, 5.41) is 16.5. The molecule has 1 fully saturated rings. The van der Waals surface area contributed by atoms with Crippen molar-refractivity contribution in [1.82, 2.24) is 15.5 Å². The number of amides is 1. The zero-order valence-electron chi connectivity index (χ0n) is 16.3. The first-order chi connectivity index (χ1) is 13.1. The summed E-state index contributed by atoms with van der Waals surface area (Å²) in [7, 11) is 1.52. The monoisotopic (exact) mass is 378 g/mol. The molecule has 0 aromatic heterocycles. The van der Waals surface area contributed by atoms with Crippen molar-refractivity contribution in [3.05, 3.63) is 23.8 Å². The predicted octanol–water partition coefficient (Wildman–Crippen LogP) is 2.08. The zero-order valence-corrected chi connectivity index (χ0v) is 16.3. The topological polar surface area (TPSA) is 95.4 Å². The van der Waals surface area contributed by atoms with E-state index in [0.29, 0.717) is 32.0 Å². The van der Waals surface area contributed by atoms with E-state index >= 15 is 0 Å². The highest BCUT2D eigenvalue weighted by atomic mass is 16.6. The van der Waals surface area contributed by atoms with Gasteiger partial charge in [-0.15, -0.1) is 0 Å². The van der Waals surface area contributed by atoms with Gasteiger partial charge in [0.15, 0.2) is 17.5 Å². The Balaban J connectivity index is 1.90. The number of nitrogens with one attached hydrogen (secondary N) is 2. The zero-order chi connectivity index (χ0) is 19.6. The number of likely N-dealkylation sites (tertiary alicyclic amines) is 1. The van der Waals surface area contributed by atoms with Crippen LogP contribution in [0.25, 0.3) is 0 Å². The lowest BCUT2D eigenvalue weighted by Crippen LogP contribution is -2.49. The summed E-state index contributed by atoms with van der Waals surface area (Å²) in [6, 6.07) is 5.51. The molecular weight excluding hydrogens is 348 g/mol. The van der Waals surface area contributed by atoms with Crippen LogP contribution in [0.15, 0.2) is 23.2 Å². The number of hydrogen-bond donors (Lipinski definition) is 3. The number of carbonyl (C=O) groups is 1. The highest BCUT2D eigenvalue weighted by Gasteiger charge is 2.24. The highest BCUT2D eigenvalue weighted by molar-refractivity contribution is 5.80. The lowest BCUT2D eigenvalue weighted by atomic mass is 10.1. The molecule has 8 nitrogen and oxygen atoms in total. The van der Waals surface area contributed by atoms with Crippen molar-refractivity contribution in [2.45, 2.75) is 39.3 Å². The molecule has 1 aliphatic heterocycles. The fraction of sp³-hybridized carbons (Fsp3) is 0.579. The molecular formula is C19H30N4O4. The Kier molecular flexibility index (Phi) is 8.03. The maximum absolute atomic E-state index is 11.8. The van der Waals surface area contributed by atoms with Gasteiger partial charge in [0.25, 0.3) is 0 Å². The van der Waals surface area contributed by atoms with Gasteiger partial charge in [0.2, 0.25) is 0 Å². The Morgan fingerprint density at radius 1 is 1.33 bits per heavy atom. The number of phenolic OH excluding ortho intramolecular Hbond substituents is 1. The largest absolute Gasteiger partial charge is 0.504 e. The minimum Gasteiger partial charge on any atom is -0.504 e. The van der Waals surface area contributed by atoms with Gasteiger partial charge in [0.05, 0.1) is 20.3 Å². The van der Waals surface area contributed by atoms with Crippen LogP contribution in [0.4, 0.5) is 4.79 Å². The molecule has 0 unspecified atom stereocenters. The van der Waals surface area contributed by atoms with Gasteiger partial charge >= 0.3 is 6.09 Å². The molecule has 0 radical (unpaired) electrons. The SMILES string of the molecule is CCNC(=NCc1ccc(OC)c(O)c1)NC1CCN(C(=O)OCC)CC1. The number of carbonyl (C=O) groups excluding carboxylic acids is 1. The number of benzene rings is 1. The first-order valence-corrected chi connectivity index (χ1v) is 9.39. The first kappa shape index (κ1) is 20.7. The van der Waals surface area contributed by atoms with Gasteiger partial charge in [-0.05, 0) is 44.4 Å². The molecule has 2 rings (SSSR count). The fourth-order valence-electron chi connectivity index (χ4n) is 2.94. The fourth-order valence-corrected chi connectivity index (χ4v) is 2.94. The van der Waals surface area contributed by atoms with E-state index in [1.807, 2.05) is 19.9 Å². The normalized spacial score (nSPS) is 15.4. The number of rotatable bonds is 6. The molecule has 1 aromatic rings. The van der Waals surface area contributed by atoms with E-state index in [4.69, 9.17) is 9.47 Å². The van der Waals surface area contributed by atoms with E-state index < -0.39 is 0 Å². The van der Waals surface area contributed by atoms with Crippen molar-refractivity contribution in [2.75, 3.05) is 33.4 Å². The second kappa shape index (κ2) is 10.5. The molecule has 0 bridgehead atoms. The van der Waals surface area contributed by atoms with Crippen LogP contribution in [-0.2, 0) is 11.3 Å². The summed E-state index contributed by atoms with van der Waals surface area (Å²) in [5.41, 5.74) is 0.891. The minimum absolute atomic E-state index is 0.106. The van der Waals surface area contributed by atoms with Gasteiger partial charge in [-0.3, -0.25) is 0 Å². The molecule has 150 valence electrons. The average molecular weight is 378 g/mol. The van der Waals surface area contributed by atoms with Crippen LogP contribution >= 0.6 is 0 Å². The predicted molar refractivity (Wildman–Crippen MR) is 104 cm³/mol. The lowest BCUT2D eigenvalue weighted by Gasteiger charge is -2.32. The Labute approximate surface area is 160 Å². The maximum Gasteiger partial charge on any atom is 0.409 e. The maximum atomic E-state index is 11.8. The highest BCUT2D eigenvalue weighted by Crippen LogP contribution is 2.26. The van der Waals surface area contributed by atoms with Crippen LogP contribution in [0, 0.1) is 0 Å². The third-order valence-electron chi connectivity index (χ3n) is 4.37. The van der Waals surface area contributed by atoms with E-state index in [1.165, 1.54) is 7.11 Å². The summed E-state index contributed by atoms with van der Waals surface area (Å²) in [6.07, 6.45) is 1.44. The number of phenols is 1. The second-order valence-electron chi connectivity index (χ2n) is 6.31. The van der Waals surface area contributed by atoms with Gasteiger partial charge in [-0.1, -0.05) is 6.07 Å². The van der Waals surface area contributed by atoms with Gasteiger partial charge in [-0.25, -0.2) is 9.79 Å². The summed E-state index contributed by atoms with van der Waals surface area (Å²) >= 11 is 0. The number of piperidine rings is 1. The van der Waals surface area contributed by atoms with Crippen LogP contribution < -0.4 is 15.4 Å². The van der Waals surface area contributed by atoms with Gasteiger partial charge in [-0.2, -0.15) is 0 Å². The Bertz CT molecular complexity index is 643. The first-order valence-electron chi connectivity index (χ1n) is 9.39. The van der Waals surface area contributed by atoms with Crippen molar-refractivity contribution in [3.63, 3.8) is 0 Å². The third kappa shape index (κ3) is 6.23. The van der Waals surface area contributed by atoms with Crippen molar-refractivity contribution in [3.8, 4) is 11.5 Å². The van der Waals surface area contributed by atoms with E-state index in [-0.39, 0.29) is 17.9 Å². The van der Waals surface area contributed by atoms with Crippen molar-refractivity contribution >= 4 is 12.1 Å². The third-order valence-corrected chi connectivity index (χ3v) is 4.37. The standard InChI is InChI=1S/C19H30N4O4/c1-4-20-18(21-13-14-6-7-17(26-3)16(24)12-14)22-15-8-10-23(11-9-15)19(25)27-5-2/h6-7,12,15,24H,4-5,8-11,13H2,1-3H3,(H2,20,21,22). The molecule has 1 saturated heterocycles. The number of guanidine groups is 1. The van der Waals surface area contributed by atoms with E-state index in [9.17, 15) is 9.90 Å². The van der Waals surface area contributed by atoms with Crippen LogP contribution in [0.2, 0.25) is 0 Å². The Morgan fingerprint density at radius 2 is 2.07 bits per heavy atom. The molecule has 1 aliphatic rings. The lowest BCUT2D eigenvalue weighted by molar-refractivity contribution is 0.0963. The molecule has 1 heterocycles. The molecule has 0 saturated carbocycles. The van der Waals surface area contributed by atoms with Gasteiger partial charge in [0.1, 0.15) is 0 Å². The number of aromatic hydroxyl groups is 1. The summed E-state index contributed by atoms with van der Waals surface area (Å²) in [5.74, 6) is 1.28. The molecule has 3 N–H and O–H groups in total. The quantitative estimate of drug-likeness (QED) is 0.518. The minimum atomic E-state index is -0.240. The van der Waals surface area contributed by atoms with Gasteiger partial charge < -0.3 is 30.1 Å². The van der Waals surface area contributed by atoms with Crippen molar-refractivity contribution < 1.29 is 19.4 Å². The average Bonchev–Trinajstić information content (AvgIpc) is 2.67. The number of aliphatic imine (C=N–C) groups is 1. The number of ether oxygens (including phenoxy) is 2. The number of hydrogen-bond acceptors (Lipinski definition) is 5. The molecule has 0 aliphatic carbocycles. The number of nitrogens with zero attached hydrogens (tertiary/aromatic N) is 2. The van der Waals surface area contributed by atoms with Gasteiger partial charge in [0, 0.05) is 25.7 Å². The molecule has 27 heavy (non-hydrogen) atoms. The molecule has 8 heteroatoms. The van der Waals surface area contributed by atoms with Crippen LogP contribution in [0.1, 0.15) is 32.3 Å². The number of methoxy groups -OCH3 is 1. The molecule has 0 spiro atoms. The van der Waals surface area contributed by atoms with Crippen LogP contribution in [-0.4, -0.2) is 61.5 Å². The Hall–Kier alpha value is -2.64.